The molecule has 36 heavy (non-hydrogen) atoms. The van der Waals surface area contributed by atoms with Crippen molar-refractivity contribution in [3.8, 4) is 17.1 Å². The number of amides is 3. The Kier molecular flexibility index (Phi) is 6.30. The number of H-pyrrole nitrogens is 1. The Labute approximate surface area is 204 Å². The predicted molar refractivity (Wildman–Crippen MR) is 128 cm³/mol. The average molecular weight is 484 g/mol. The zero-order chi connectivity index (χ0) is 24.9. The van der Waals surface area contributed by atoms with Crippen LogP contribution in [0.25, 0.3) is 11.4 Å². The number of carbonyl (C=O) groups excluding carboxylic acids is 3. The first-order valence-corrected chi connectivity index (χ1v) is 10.9. The number of nitrogens with one attached hydrogen (secondary N) is 4. The summed E-state index contributed by atoms with van der Waals surface area (Å²) < 4.78 is 5.33. The minimum atomic E-state index is -0.436. The van der Waals surface area contributed by atoms with Gasteiger partial charge < -0.3 is 20.7 Å². The van der Waals surface area contributed by atoms with E-state index in [0.717, 1.165) is 16.7 Å². The molecular weight excluding hydrogens is 464 g/mol. The number of hydrogen-bond acceptors (Lipinski definition) is 8. The Morgan fingerprint density at radius 1 is 0.972 bits per heavy atom. The lowest BCUT2D eigenvalue weighted by Crippen LogP contribution is -2.26. The number of ether oxygens (including phenoxy) is 1. The van der Waals surface area contributed by atoms with Crippen LogP contribution in [-0.4, -0.2) is 49.5 Å². The third-order valence-corrected chi connectivity index (χ3v) is 5.30. The molecule has 0 spiro atoms. The molecule has 4 N–H and O–H groups in total. The molecule has 0 radical (unpaired) electrons. The SMILES string of the molecule is O=C(Cc1ccc(-c2ncn[nH]2)cc1)Nc1cc(C(=O)NCc2ccc3c(c2)NC(=O)CO3)ncn1. The van der Waals surface area contributed by atoms with E-state index >= 15 is 0 Å². The molecule has 0 aliphatic carbocycles. The molecule has 0 fully saturated rings. The Morgan fingerprint density at radius 3 is 2.61 bits per heavy atom. The maximum atomic E-state index is 12.6. The summed E-state index contributed by atoms with van der Waals surface area (Å²) in [6.07, 6.45) is 2.76. The predicted octanol–water partition coefficient (Wildman–Crippen LogP) is 1.70. The van der Waals surface area contributed by atoms with Gasteiger partial charge in [0.25, 0.3) is 11.8 Å². The maximum absolute atomic E-state index is 12.6. The van der Waals surface area contributed by atoms with Crippen molar-refractivity contribution in [1.82, 2.24) is 30.5 Å². The molecule has 2 aromatic heterocycles. The van der Waals surface area contributed by atoms with Crippen molar-refractivity contribution in [2.45, 2.75) is 13.0 Å². The number of anilines is 2. The van der Waals surface area contributed by atoms with E-state index in [9.17, 15) is 14.4 Å². The van der Waals surface area contributed by atoms with Gasteiger partial charge in [0, 0.05) is 18.2 Å². The molecule has 4 aromatic rings. The summed E-state index contributed by atoms with van der Waals surface area (Å²) in [5.74, 6) is 0.478. The number of benzene rings is 2. The van der Waals surface area contributed by atoms with Gasteiger partial charge in [0.05, 0.1) is 12.1 Å². The number of hydrogen-bond donors (Lipinski definition) is 4. The summed E-state index contributed by atoms with van der Waals surface area (Å²) in [4.78, 5) is 48.7. The number of aromatic nitrogens is 5. The van der Waals surface area contributed by atoms with E-state index in [4.69, 9.17) is 4.74 Å². The molecular formula is C24H20N8O4. The zero-order valence-electron chi connectivity index (χ0n) is 18.8. The minimum Gasteiger partial charge on any atom is -0.482 e. The van der Waals surface area contributed by atoms with Crippen LogP contribution < -0.4 is 20.7 Å². The highest BCUT2D eigenvalue weighted by Crippen LogP contribution is 2.28. The quantitative estimate of drug-likeness (QED) is 0.308. The van der Waals surface area contributed by atoms with E-state index in [0.29, 0.717) is 17.3 Å². The number of aromatic amines is 1. The second-order valence-corrected chi connectivity index (χ2v) is 7.89. The molecule has 0 unspecified atom stereocenters. The van der Waals surface area contributed by atoms with Crippen molar-refractivity contribution in [2.24, 2.45) is 0 Å². The van der Waals surface area contributed by atoms with Gasteiger partial charge in [-0.25, -0.2) is 15.0 Å². The molecule has 2 aromatic carbocycles. The summed E-state index contributed by atoms with van der Waals surface area (Å²) in [5, 5.41) is 14.8. The van der Waals surface area contributed by atoms with Crippen LogP contribution in [0.1, 0.15) is 21.6 Å². The molecule has 3 amide bonds. The molecule has 0 saturated heterocycles. The molecule has 1 aliphatic rings. The number of fused-ring (bicyclic) bond motifs is 1. The molecule has 0 atom stereocenters. The number of carbonyl (C=O) groups is 3. The fourth-order valence-corrected chi connectivity index (χ4v) is 3.56. The largest absolute Gasteiger partial charge is 0.482 e. The van der Waals surface area contributed by atoms with Crippen LogP contribution >= 0.6 is 0 Å². The van der Waals surface area contributed by atoms with Gasteiger partial charge in [-0.15, -0.1) is 0 Å². The van der Waals surface area contributed by atoms with Gasteiger partial charge in [0.2, 0.25) is 5.91 Å². The molecule has 3 heterocycles. The standard InChI is InChI=1S/C24H20N8O4/c33-21(8-14-1-4-16(5-2-14)23-28-13-29-32-23)31-20-9-18(26-12-27-20)24(35)25-10-15-3-6-19-17(7-15)30-22(34)11-36-19/h1-7,9,12-13H,8,10-11H2,(H,25,35)(H,30,34)(H,28,29,32)(H,26,27,31,33). The van der Waals surface area contributed by atoms with Crippen LogP contribution in [0.4, 0.5) is 11.5 Å². The lowest BCUT2D eigenvalue weighted by atomic mass is 10.1. The van der Waals surface area contributed by atoms with Gasteiger partial charge in [-0.2, -0.15) is 5.10 Å². The van der Waals surface area contributed by atoms with Crippen molar-refractivity contribution in [3.05, 3.63) is 78.0 Å². The van der Waals surface area contributed by atoms with Gasteiger partial charge in [0.1, 0.15) is 29.9 Å². The fourth-order valence-electron chi connectivity index (χ4n) is 3.56. The second kappa shape index (κ2) is 10.0. The monoisotopic (exact) mass is 484 g/mol. The van der Waals surface area contributed by atoms with Crippen LogP contribution in [0.5, 0.6) is 5.75 Å². The van der Waals surface area contributed by atoms with Crippen molar-refractivity contribution < 1.29 is 19.1 Å². The van der Waals surface area contributed by atoms with Crippen LogP contribution in [-0.2, 0) is 22.6 Å². The highest BCUT2D eigenvalue weighted by Gasteiger charge is 2.16. The summed E-state index contributed by atoms with van der Waals surface area (Å²) >= 11 is 0. The van der Waals surface area contributed by atoms with Gasteiger partial charge in [-0.3, -0.25) is 19.5 Å². The Hall–Kier alpha value is -5.13. The topological polar surface area (TPSA) is 164 Å². The van der Waals surface area contributed by atoms with Crippen LogP contribution in [0.3, 0.4) is 0 Å². The number of rotatable bonds is 7. The number of nitrogens with zero attached hydrogens (tertiary/aromatic N) is 4. The van der Waals surface area contributed by atoms with Gasteiger partial charge in [0.15, 0.2) is 12.4 Å². The molecule has 0 bridgehead atoms. The van der Waals surface area contributed by atoms with Crippen molar-refractivity contribution in [2.75, 3.05) is 17.2 Å². The summed E-state index contributed by atoms with van der Waals surface area (Å²) in [7, 11) is 0. The first-order chi connectivity index (χ1) is 17.5. The van der Waals surface area contributed by atoms with E-state index in [2.05, 4.69) is 41.1 Å². The fraction of sp³-hybridized carbons (Fsp3) is 0.125. The van der Waals surface area contributed by atoms with Crippen LogP contribution in [0.2, 0.25) is 0 Å². The second-order valence-electron chi connectivity index (χ2n) is 7.89. The summed E-state index contributed by atoms with van der Waals surface area (Å²) in [5.41, 5.74) is 3.08. The third kappa shape index (κ3) is 5.33. The molecule has 12 nitrogen and oxygen atoms in total. The normalized spacial score (nSPS) is 12.2. The lowest BCUT2D eigenvalue weighted by Gasteiger charge is -2.18. The zero-order valence-corrected chi connectivity index (χ0v) is 18.8. The highest BCUT2D eigenvalue weighted by molar-refractivity contribution is 5.96. The molecule has 5 rings (SSSR count). The van der Waals surface area contributed by atoms with E-state index in [1.165, 1.54) is 18.7 Å². The van der Waals surface area contributed by atoms with Crippen LogP contribution in [0.15, 0.2) is 61.2 Å². The Bertz CT molecular complexity index is 1420. The third-order valence-electron chi connectivity index (χ3n) is 5.30. The molecule has 0 saturated carbocycles. The van der Waals surface area contributed by atoms with E-state index < -0.39 is 5.91 Å². The van der Waals surface area contributed by atoms with E-state index in [1.54, 1.807) is 18.2 Å². The molecule has 12 heteroatoms. The Balaban J connectivity index is 1.16. The van der Waals surface area contributed by atoms with Crippen LogP contribution in [0, 0.1) is 0 Å². The van der Waals surface area contributed by atoms with E-state index in [1.807, 2.05) is 24.3 Å². The first-order valence-electron chi connectivity index (χ1n) is 10.9. The first kappa shape index (κ1) is 22.7. The smallest absolute Gasteiger partial charge is 0.270 e. The van der Waals surface area contributed by atoms with Gasteiger partial charge in [-0.1, -0.05) is 30.3 Å². The molecule has 1 aliphatic heterocycles. The molecule has 180 valence electrons. The van der Waals surface area contributed by atoms with Crippen molar-refractivity contribution in [1.29, 1.82) is 0 Å². The van der Waals surface area contributed by atoms with E-state index in [-0.39, 0.29) is 42.9 Å². The van der Waals surface area contributed by atoms with Gasteiger partial charge in [-0.05, 0) is 23.3 Å². The highest BCUT2D eigenvalue weighted by atomic mass is 16.5. The van der Waals surface area contributed by atoms with Gasteiger partial charge >= 0.3 is 0 Å². The summed E-state index contributed by atoms with van der Waals surface area (Å²) in [6, 6.07) is 14.0. The minimum absolute atomic E-state index is 0.0222. The average Bonchev–Trinajstić information content (AvgIpc) is 3.42. The summed E-state index contributed by atoms with van der Waals surface area (Å²) in [6.45, 7) is 0.184. The maximum Gasteiger partial charge on any atom is 0.270 e. The lowest BCUT2D eigenvalue weighted by molar-refractivity contribution is -0.118. The van der Waals surface area contributed by atoms with Crippen molar-refractivity contribution >= 4 is 29.2 Å². The Morgan fingerprint density at radius 2 is 1.81 bits per heavy atom. The van der Waals surface area contributed by atoms with Crippen molar-refractivity contribution in [3.63, 3.8) is 0 Å².